The third-order valence-electron chi connectivity index (χ3n) is 15.3. The number of pyridine rings is 1. The minimum absolute atomic E-state index is 0.0784. The van der Waals surface area contributed by atoms with Crippen molar-refractivity contribution < 1.29 is 50.1 Å². The van der Waals surface area contributed by atoms with Crippen molar-refractivity contribution in [3.05, 3.63) is 157 Å². The van der Waals surface area contributed by atoms with Crippen LogP contribution < -0.4 is 38.8 Å². The third-order valence-corrected chi connectivity index (χ3v) is 17.6. The first-order chi connectivity index (χ1) is 34.6. The van der Waals surface area contributed by atoms with E-state index >= 15 is 0 Å². The number of carbonyl (C=O) groups excluding carboxylic acids is 1. The molecular formula is C56H52N4O10S2+2. The maximum atomic E-state index is 14.3. The zero-order valence-electron chi connectivity index (χ0n) is 40.1. The topological polar surface area (TPSA) is 183 Å². The number of hydrogen-bond acceptors (Lipinski definition) is 9. The number of esters is 1. The first kappa shape index (κ1) is 46.1. The van der Waals surface area contributed by atoms with Gasteiger partial charge >= 0.3 is 11.9 Å². The molecule has 0 saturated carbocycles. The van der Waals surface area contributed by atoms with E-state index in [0.29, 0.717) is 55.6 Å². The lowest BCUT2D eigenvalue weighted by Crippen LogP contribution is -2.45. The van der Waals surface area contributed by atoms with E-state index in [-0.39, 0.29) is 33.9 Å². The summed E-state index contributed by atoms with van der Waals surface area (Å²) in [6.07, 6.45) is 7.19. The number of aromatic nitrogens is 1. The highest BCUT2D eigenvalue weighted by molar-refractivity contribution is 7.89. The first-order valence-corrected chi connectivity index (χ1v) is 27.4. The summed E-state index contributed by atoms with van der Waals surface area (Å²) in [4.78, 5) is 27.5. The number of rotatable bonds is 9. The van der Waals surface area contributed by atoms with Gasteiger partial charge in [-0.25, -0.2) is 27.3 Å². The highest BCUT2D eigenvalue weighted by atomic mass is 32.2. The number of anilines is 1. The summed E-state index contributed by atoms with van der Waals surface area (Å²) in [5.41, 5.74) is 10.5. The molecule has 6 heterocycles. The summed E-state index contributed by atoms with van der Waals surface area (Å²) in [5.74, 6) is -0.0873. The summed E-state index contributed by atoms with van der Waals surface area (Å²) >= 11 is 0. The first-order valence-electron chi connectivity index (χ1n) is 24.5. The molecule has 0 saturated heterocycles. The van der Waals surface area contributed by atoms with Crippen LogP contribution in [0.5, 0.6) is 17.2 Å². The van der Waals surface area contributed by atoms with E-state index in [9.17, 15) is 36.1 Å². The van der Waals surface area contributed by atoms with Crippen molar-refractivity contribution in [2.45, 2.75) is 81.5 Å². The maximum Gasteiger partial charge on any atom is 0.345 e. The standard InChI is InChI=1S/C56H50N4O10S2/c1-31-24-36(55(61)62)25-32(2)52(31)70-56(63)49-38-12-4-5-15-45(38)58(3)46-26-33(16-18-39(46)49)30-57-71(64,65)37-17-19-40(47(29-37)72(66,67)68)48-43-27-34-10-6-20-59-22-8-13-41(50(34)59)53(43)69-54-42-14-9-23-60-21-7-11-35(51(42)60)28-44(48)54/h4-5,12,15-19,24-29,57H,6-11,13-14,20-23,30H2,1-3H3/p+2. The summed E-state index contributed by atoms with van der Waals surface area (Å²) in [5, 5.41) is 12.7. The molecule has 0 aliphatic carbocycles. The van der Waals surface area contributed by atoms with E-state index in [2.05, 4.69) is 26.3 Å². The molecule has 12 rings (SSSR count). The Kier molecular flexibility index (Phi) is 10.9. The molecule has 1 aromatic heterocycles. The van der Waals surface area contributed by atoms with Crippen LogP contribution in [0.3, 0.4) is 0 Å². The molecule has 3 N–H and O–H groups in total. The van der Waals surface area contributed by atoms with Crippen LogP contribution in [-0.2, 0) is 59.4 Å². The van der Waals surface area contributed by atoms with Gasteiger partial charge < -0.3 is 19.5 Å². The highest BCUT2D eigenvalue weighted by Gasteiger charge is 2.37. The van der Waals surface area contributed by atoms with Crippen molar-refractivity contribution in [3.63, 3.8) is 0 Å². The van der Waals surface area contributed by atoms with Gasteiger partial charge in [-0.2, -0.15) is 13.0 Å². The number of hydrogen-bond donors (Lipinski definition) is 3. The molecule has 366 valence electrons. The molecule has 0 spiro atoms. The van der Waals surface area contributed by atoms with Crippen LogP contribution in [0.15, 0.2) is 94.7 Å². The van der Waals surface area contributed by atoms with Gasteiger partial charge in [0.1, 0.15) is 42.3 Å². The number of sulfonamides is 1. The van der Waals surface area contributed by atoms with E-state index < -0.39 is 37.0 Å². The van der Waals surface area contributed by atoms with Crippen LogP contribution in [0.25, 0.3) is 27.4 Å². The van der Waals surface area contributed by atoms with Crippen molar-refractivity contribution in [2.75, 3.05) is 31.1 Å². The van der Waals surface area contributed by atoms with Crippen LogP contribution in [0.2, 0.25) is 0 Å². The Morgan fingerprint density at radius 2 is 1.47 bits per heavy atom. The zero-order chi connectivity index (χ0) is 50.0. The Labute approximate surface area is 416 Å². The van der Waals surface area contributed by atoms with Crippen LogP contribution in [-0.4, -0.2) is 64.6 Å². The molecular weight excluding hydrogens is 953 g/mol. The number of ether oxygens (including phenoxy) is 2. The number of carbonyl (C=O) groups is 2. The number of fused-ring (bicyclic) bond motifs is 6. The third kappa shape index (κ3) is 7.48. The quantitative estimate of drug-likeness (QED) is 0.0471. The van der Waals surface area contributed by atoms with Gasteiger partial charge in [-0.1, -0.05) is 24.3 Å². The van der Waals surface area contributed by atoms with Crippen molar-refractivity contribution in [1.82, 2.24) is 9.30 Å². The van der Waals surface area contributed by atoms with Crippen LogP contribution >= 0.6 is 0 Å². The van der Waals surface area contributed by atoms with E-state index in [0.717, 1.165) is 106 Å². The van der Waals surface area contributed by atoms with Gasteiger partial charge in [-0.3, -0.25) is 4.55 Å². The molecule has 16 heteroatoms. The molecule has 0 radical (unpaired) electrons. The Balaban J connectivity index is 0.938. The number of nitrogens with zero attached hydrogens (tertiary/aromatic N) is 3. The second kappa shape index (κ2) is 17.1. The van der Waals surface area contributed by atoms with E-state index in [4.69, 9.17) is 9.47 Å². The summed E-state index contributed by atoms with van der Waals surface area (Å²) in [6.45, 7) is 6.99. The molecule has 0 bridgehead atoms. The number of carboxylic acids is 1. The van der Waals surface area contributed by atoms with Gasteiger partial charge in [0.25, 0.3) is 10.1 Å². The van der Waals surface area contributed by atoms with Gasteiger partial charge in [-0.15, -0.1) is 0 Å². The minimum Gasteiger partial charge on any atom is -0.478 e. The zero-order valence-corrected chi connectivity index (χ0v) is 41.7. The predicted octanol–water partition coefficient (Wildman–Crippen LogP) is 6.51. The number of carboxylic acid groups (broad SMARTS) is 1. The second-order valence-corrected chi connectivity index (χ2v) is 22.9. The number of para-hydroxylation sites is 1. The van der Waals surface area contributed by atoms with E-state index in [1.165, 1.54) is 46.4 Å². The van der Waals surface area contributed by atoms with Crippen molar-refractivity contribution in [2.24, 2.45) is 7.05 Å². The average molecular weight is 1010 g/mol. The average Bonchev–Trinajstić information content (AvgIpc) is 3.36. The molecule has 7 aromatic rings. The second-order valence-electron chi connectivity index (χ2n) is 19.7. The van der Waals surface area contributed by atoms with Gasteiger partial charge in [0.2, 0.25) is 26.4 Å². The van der Waals surface area contributed by atoms with Gasteiger partial charge in [-0.05, 0) is 123 Å². The lowest BCUT2D eigenvalue weighted by Gasteiger charge is -2.39. The predicted molar refractivity (Wildman–Crippen MR) is 271 cm³/mol. The largest absolute Gasteiger partial charge is 0.478 e. The normalized spacial score (nSPS) is 15.9. The lowest BCUT2D eigenvalue weighted by atomic mass is 9.82. The summed E-state index contributed by atoms with van der Waals surface area (Å²) < 4.78 is 87.4. The molecule has 5 aliphatic rings. The van der Waals surface area contributed by atoms with Crippen molar-refractivity contribution >= 4 is 65.1 Å². The van der Waals surface area contributed by atoms with Crippen molar-refractivity contribution in [3.8, 4) is 17.2 Å². The monoisotopic (exact) mass is 1000 g/mol. The smallest absolute Gasteiger partial charge is 0.345 e. The van der Waals surface area contributed by atoms with Crippen LogP contribution in [0, 0.1) is 13.8 Å². The molecule has 0 unspecified atom stereocenters. The molecule has 14 nitrogen and oxygen atoms in total. The Morgan fingerprint density at radius 1 is 0.764 bits per heavy atom. The Bertz CT molecular complexity index is 3950. The number of benzene rings is 6. The van der Waals surface area contributed by atoms with Gasteiger partial charge in [0.15, 0.2) is 0 Å². The lowest BCUT2D eigenvalue weighted by molar-refractivity contribution is -0.617. The molecule has 6 aromatic carbocycles. The fourth-order valence-electron chi connectivity index (χ4n) is 12.2. The minimum atomic E-state index is -5.02. The fourth-order valence-corrected chi connectivity index (χ4v) is 14.0. The highest BCUT2D eigenvalue weighted by Crippen LogP contribution is 2.49. The molecule has 0 fully saturated rings. The van der Waals surface area contributed by atoms with E-state index in [1.807, 2.05) is 35.9 Å². The van der Waals surface area contributed by atoms with Crippen molar-refractivity contribution in [1.29, 1.82) is 0 Å². The fraction of sp³-hybridized carbons (Fsp3) is 0.286. The number of aromatic carboxylic acids is 1. The number of nitrogens with one attached hydrogen (secondary N) is 1. The molecule has 0 atom stereocenters. The molecule has 0 amide bonds. The summed E-state index contributed by atoms with van der Waals surface area (Å²) in [6, 6.07) is 23.7. The molecule has 5 aliphatic heterocycles. The van der Waals surface area contributed by atoms with E-state index in [1.54, 1.807) is 32.0 Å². The summed E-state index contributed by atoms with van der Waals surface area (Å²) in [7, 11) is -7.59. The van der Waals surface area contributed by atoms with Crippen LogP contribution in [0.4, 0.5) is 5.69 Å². The van der Waals surface area contributed by atoms with Crippen LogP contribution in [0.1, 0.15) is 96.5 Å². The number of aryl methyl sites for hydroxylation is 5. The Hall–Kier alpha value is -6.98. The van der Waals surface area contributed by atoms with Gasteiger partial charge in [0.05, 0.1) is 32.4 Å². The maximum absolute atomic E-state index is 14.3. The Morgan fingerprint density at radius 3 is 2.24 bits per heavy atom. The van der Waals surface area contributed by atoms with Gasteiger partial charge in [0, 0.05) is 83.3 Å². The molecule has 72 heavy (non-hydrogen) atoms. The SMILES string of the molecule is Cc1cc(C(=O)O)cc(C)c1OC(=O)c1c2ccccc2[n+](C)c2cc(CNS(=O)(=O)c3ccc(C4=c5cc6c7c(c5Oc5c4cc4c8c5CCCN8CCC4)CCC[N+]=7CCC6)c(S(=O)(=O)O)c3)ccc12.